The molecule has 1 heterocycles. The van der Waals surface area contributed by atoms with E-state index < -0.39 is 0 Å². The molecule has 3 atom stereocenters. The molecular weight excluding hydrogens is 248 g/mol. The number of nitrogens with zero attached hydrogens (tertiary/aromatic N) is 1. The van der Waals surface area contributed by atoms with E-state index >= 15 is 0 Å². The van der Waals surface area contributed by atoms with E-state index in [0.29, 0.717) is 24.0 Å². The van der Waals surface area contributed by atoms with E-state index in [0.717, 1.165) is 18.8 Å². The van der Waals surface area contributed by atoms with Crippen LogP contribution in [-0.4, -0.2) is 37.2 Å². The van der Waals surface area contributed by atoms with E-state index in [2.05, 4.69) is 62.2 Å². The predicted octanol–water partition coefficient (Wildman–Crippen LogP) is 3.07. The largest absolute Gasteiger partial charge is 0.497 e. The molecule has 3 nitrogen and oxygen atoms in total. The lowest BCUT2D eigenvalue weighted by Crippen LogP contribution is -2.57. The quantitative estimate of drug-likeness (QED) is 0.914. The number of hydrogen-bond acceptors (Lipinski definition) is 3. The number of piperazine rings is 1. The molecule has 1 aromatic carbocycles. The lowest BCUT2D eigenvalue weighted by atomic mass is 9.96. The van der Waals surface area contributed by atoms with Gasteiger partial charge in [0.15, 0.2) is 0 Å². The van der Waals surface area contributed by atoms with Crippen molar-refractivity contribution in [1.82, 2.24) is 10.2 Å². The van der Waals surface area contributed by atoms with Gasteiger partial charge in [-0.3, -0.25) is 4.90 Å². The highest BCUT2D eigenvalue weighted by molar-refractivity contribution is 5.29. The monoisotopic (exact) mass is 276 g/mol. The van der Waals surface area contributed by atoms with Crippen molar-refractivity contribution in [2.45, 2.75) is 45.8 Å². The number of hydrogen-bond donors (Lipinski definition) is 1. The van der Waals surface area contributed by atoms with Crippen LogP contribution in [0.2, 0.25) is 0 Å². The van der Waals surface area contributed by atoms with Crippen molar-refractivity contribution in [3.8, 4) is 5.75 Å². The number of rotatable bonds is 4. The molecule has 0 bridgehead atoms. The highest BCUT2D eigenvalue weighted by atomic mass is 16.5. The average Bonchev–Trinajstić information content (AvgIpc) is 2.47. The molecule has 0 saturated carbocycles. The fourth-order valence-electron chi connectivity index (χ4n) is 2.97. The van der Waals surface area contributed by atoms with E-state index in [1.165, 1.54) is 5.56 Å². The van der Waals surface area contributed by atoms with Gasteiger partial charge in [-0.1, -0.05) is 26.0 Å². The van der Waals surface area contributed by atoms with Crippen LogP contribution in [0.25, 0.3) is 0 Å². The van der Waals surface area contributed by atoms with Crippen molar-refractivity contribution in [2.75, 3.05) is 20.2 Å². The molecule has 1 saturated heterocycles. The van der Waals surface area contributed by atoms with Gasteiger partial charge >= 0.3 is 0 Å². The van der Waals surface area contributed by atoms with Crippen LogP contribution in [0.15, 0.2) is 24.3 Å². The van der Waals surface area contributed by atoms with E-state index in [1.807, 2.05) is 0 Å². The molecule has 0 amide bonds. The summed E-state index contributed by atoms with van der Waals surface area (Å²) in [7, 11) is 1.71. The topological polar surface area (TPSA) is 24.5 Å². The number of nitrogens with one attached hydrogen (secondary N) is 1. The molecule has 1 N–H and O–H groups in total. The van der Waals surface area contributed by atoms with Gasteiger partial charge in [-0.15, -0.1) is 0 Å². The molecule has 1 aliphatic heterocycles. The van der Waals surface area contributed by atoms with Crippen LogP contribution in [0.1, 0.15) is 39.3 Å². The van der Waals surface area contributed by atoms with Gasteiger partial charge in [0.2, 0.25) is 0 Å². The predicted molar refractivity (Wildman–Crippen MR) is 84.2 cm³/mol. The lowest BCUT2D eigenvalue weighted by Gasteiger charge is -2.43. The summed E-state index contributed by atoms with van der Waals surface area (Å²) in [6.07, 6.45) is 0. The van der Waals surface area contributed by atoms with Crippen LogP contribution in [-0.2, 0) is 0 Å². The van der Waals surface area contributed by atoms with Crippen molar-refractivity contribution in [3.63, 3.8) is 0 Å². The minimum absolute atomic E-state index is 0.444. The SMILES string of the molecule is COc1ccc(C(C)N2CC(C(C)C)NCC2C)cc1. The first-order chi connectivity index (χ1) is 9.52. The molecular formula is C17H28N2O. The highest BCUT2D eigenvalue weighted by Crippen LogP contribution is 2.27. The second-order valence-corrected chi connectivity index (χ2v) is 6.25. The zero-order valence-electron chi connectivity index (χ0n) is 13.4. The molecule has 0 spiro atoms. The zero-order valence-corrected chi connectivity index (χ0v) is 13.4. The Morgan fingerprint density at radius 2 is 1.85 bits per heavy atom. The molecule has 1 fully saturated rings. The normalized spacial score (nSPS) is 25.7. The standard InChI is InChI=1S/C17H28N2O/c1-12(2)17-11-19(13(3)10-18-17)14(4)15-6-8-16(20-5)9-7-15/h6-9,12-14,17-18H,10-11H2,1-5H3. The second kappa shape index (κ2) is 6.59. The molecule has 2 rings (SSSR count). The summed E-state index contributed by atoms with van der Waals surface area (Å²) in [5.74, 6) is 1.60. The summed E-state index contributed by atoms with van der Waals surface area (Å²) in [5.41, 5.74) is 1.36. The Morgan fingerprint density at radius 1 is 1.20 bits per heavy atom. The first kappa shape index (κ1) is 15.3. The third kappa shape index (κ3) is 3.33. The van der Waals surface area contributed by atoms with Gasteiger partial charge in [0.05, 0.1) is 7.11 Å². The van der Waals surface area contributed by atoms with Crippen LogP contribution in [0.5, 0.6) is 5.75 Å². The lowest BCUT2D eigenvalue weighted by molar-refractivity contribution is 0.0852. The van der Waals surface area contributed by atoms with Crippen molar-refractivity contribution in [1.29, 1.82) is 0 Å². The highest BCUT2D eigenvalue weighted by Gasteiger charge is 2.30. The fraction of sp³-hybridized carbons (Fsp3) is 0.647. The second-order valence-electron chi connectivity index (χ2n) is 6.25. The third-order valence-corrected chi connectivity index (χ3v) is 4.55. The molecule has 0 radical (unpaired) electrons. The maximum Gasteiger partial charge on any atom is 0.118 e. The van der Waals surface area contributed by atoms with Crippen LogP contribution in [0.3, 0.4) is 0 Å². The molecule has 3 unspecified atom stereocenters. The average molecular weight is 276 g/mol. The van der Waals surface area contributed by atoms with Crippen molar-refractivity contribution >= 4 is 0 Å². The number of ether oxygens (including phenoxy) is 1. The van der Waals surface area contributed by atoms with E-state index in [9.17, 15) is 0 Å². The Morgan fingerprint density at radius 3 is 2.40 bits per heavy atom. The van der Waals surface area contributed by atoms with Gasteiger partial charge in [0, 0.05) is 31.2 Å². The van der Waals surface area contributed by atoms with Gasteiger partial charge < -0.3 is 10.1 Å². The van der Waals surface area contributed by atoms with Crippen LogP contribution >= 0.6 is 0 Å². The van der Waals surface area contributed by atoms with Gasteiger partial charge in [0.1, 0.15) is 5.75 Å². The Bertz CT molecular complexity index is 416. The number of benzene rings is 1. The Hall–Kier alpha value is -1.06. The molecule has 0 aliphatic carbocycles. The van der Waals surface area contributed by atoms with Crippen molar-refractivity contribution in [2.24, 2.45) is 5.92 Å². The van der Waals surface area contributed by atoms with Crippen molar-refractivity contribution in [3.05, 3.63) is 29.8 Å². The van der Waals surface area contributed by atoms with E-state index in [-0.39, 0.29) is 0 Å². The third-order valence-electron chi connectivity index (χ3n) is 4.55. The molecule has 1 aliphatic rings. The van der Waals surface area contributed by atoms with Crippen LogP contribution in [0, 0.1) is 5.92 Å². The van der Waals surface area contributed by atoms with Crippen LogP contribution < -0.4 is 10.1 Å². The Balaban J connectivity index is 2.10. The maximum atomic E-state index is 5.24. The summed E-state index contributed by atoms with van der Waals surface area (Å²) in [6, 6.07) is 10.1. The molecule has 3 heteroatoms. The summed E-state index contributed by atoms with van der Waals surface area (Å²) in [5, 5.41) is 3.66. The first-order valence-corrected chi connectivity index (χ1v) is 7.66. The summed E-state index contributed by atoms with van der Waals surface area (Å²) >= 11 is 0. The molecule has 1 aromatic rings. The van der Waals surface area contributed by atoms with Gasteiger partial charge in [-0.25, -0.2) is 0 Å². The fourth-order valence-corrected chi connectivity index (χ4v) is 2.97. The molecule has 20 heavy (non-hydrogen) atoms. The van der Waals surface area contributed by atoms with Gasteiger partial charge in [-0.2, -0.15) is 0 Å². The van der Waals surface area contributed by atoms with Gasteiger partial charge in [-0.05, 0) is 37.5 Å². The molecule has 0 aromatic heterocycles. The number of methoxy groups -OCH3 is 1. The summed E-state index contributed by atoms with van der Waals surface area (Å²) < 4.78 is 5.24. The van der Waals surface area contributed by atoms with Gasteiger partial charge in [0.25, 0.3) is 0 Å². The zero-order chi connectivity index (χ0) is 14.7. The van der Waals surface area contributed by atoms with E-state index in [1.54, 1.807) is 7.11 Å². The van der Waals surface area contributed by atoms with E-state index in [4.69, 9.17) is 4.74 Å². The van der Waals surface area contributed by atoms with Crippen LogP contribution in [0.4, 0.5) is 0 Å². The minimum atomic E-state index is 0.444. The van der Waals surface area contributed by atoms with Crippen molar-refractivity contribution < 1.29 is 4.74 Å². The summed E-state index contributed by atoms with van der Waals surface area (Å²) in [6.45, 7) is 11.4. The summed E-state index contributed by atoms with van der Waals surface area (Å²) in [4.78, 5) is 2.61. The smallest absolute Gasteiger partial charge is 0.118 e. The minimum Gasteiger partial charge on any atom is -0.497 e. The Kier molecular flexibility index (Phi) is 5.06. The maximum absolute atomic E-state index is 5.24. The Labute approximate surface area is 123 Å². The first-order valence-electron chi connectivity index (χ1n) is 7.66. The molecule has 112 valence electrons.